The lowest BCUT2D eigenvalue weighted by molar-refractivity contribution is 0.0377. The van der Waals surface area contributed by atoms with Crippen LogP contribution in [0.25, 0.3) is 0 Å². The fourth-order valence-corrected chi connectivity index (χ4v) is 2.37. The van der Waals surface area contributed by atoms with Crippen LogP contribution in [0.4, 0.5) is 0 Å². The highest BCUT2D eigenvalue weighted by atomic mass is 127. The van der Waals surface area contributed by atoms with Gasteiger partial charge in [0.25, 0.3) is 0 Å². The molecule has 0 saturated carbocycles. The summed E-state index contributed by atoms with van der Waals surface area (Å²) < 4.78 is 5.36. The molecule has 2 N–H and O–H groups in total. The van der Waals surface area contributed by atoms with Gasteiger partial charge in [0.2, 0.25) is 0 Å². The summed E-state index contributed by atoms with van der Waals surface area (Å²) in [6.45, 7) is 14.5. The van der Waals surface area contributed by atoms with Crippen LogP contribution in [0.15, 0.2) is 4.99 Å². The Hall–Kier alpha value is -0.0800. The minimum atomic E-state index is 0. The van der Waals surface area contributed by atoms with Gasteiger partial charge in [-0.15, -0.1) is 24.0 Å². The molecule has 0 aliphatic carbocycles. The number of halogens is 1. The molecule has 0 aromatic heterocycles. The Balaban J connectivity index is 0.00000441. The Morgan fingerprint density at radius 1 is 1.18 bits per heavy atom. The zero-order valence-corrected chi connectivity index (χ0v) is 16.9. The number of nitrogens with one attached hydrogen (secondary N) is 2. The first kappa shape index (κ1) is 21.9. The van der Waals surface area contributed by atoms with E-state index >= 15 is 0 Å². The summed E-state index contributed by atoms with van der Waals surface area (Å²) in [4.78, 5) is 7.11. The molecule has 0 radical (unpaired) electrons. The monoisotopic (exact) mass is 426 g/mol. The molecule has 0 atom stereocenters. The Morgan fingerprint density at radius 3 is 2.55 bits per heavy atom. The number of ether oxygens (including phenoxy) is 1. The summed E-state index contributed by atoms with van der Waals surface area (Å²) in [5.41, 5.74) is 0. The SMILES string of the molecule is CCNC(=NCCCN1CCOCC1)NCCCC(C)C.I. The molecule has 1 aliphatic rings. The smallest absolute Gasteiger partial charge is 0.191 e. The van der Waals surface area contributed by atoms with Crippen molar-refractivity contribution in [2.75, 3.05) is 52.5 Å². The van der Waals surface area contributed by atoms with Crippen molar-refractivity contribution in [1.29, 1.82) is 0 Å². The van der Waals surface area contributed by atoms with Crippen LogP contribution < -0.4 is 10.6 Å². The van der Waals surface area contributed by atoms with E-state index in [9.17, 15) is 0 Å². The molecule has 1 saturated heterocycles. The molecule has 0 amide bonds. The van der Waals surface area contributed by atoms with Crippen LogP contribution in [-0.4, -0.2) is 63.3 Å². The van der Waals surface area contributed by atoms with E-state index in [1.807, 2.05) is 0 Å². The Bertz CT molecular complexity index is 281. The fourth-order valence-electron chi connectivity index (χ4n) is 2.37. The van der Waals surface area contributed by atoms with Crippen LogP contribution in [0.3, 0.4) is 0 Å². The average Bonchev–Trinajstić information content (AvgIpc) is 2.48. The van der Waals surface area contributed by atoms with E-state index in [0.717, 1.165) is 70.8 Å². The number of nitrogens with zero attached hydrogens (tertiary/aromatic N) is 2. The molecule has 132 valence electrons. The molecule has 0 aromatic rings. The molecule has 22 heavy (non-hydrogen) atoms. The third kappa shape index (κ3) is 11.5. The number of guanidine groups is 1. The quantitative estimate of drug-likeness (QED) is 0.257. The van der Waals surface area contributed by atoms with E-state index in [-0.39, 0.29) is 24.0 Å². The van der Waals surface area contributed by atoms with Gasteiger partial charge in [-0.25, -0.2) is 0 Å². The molecule has 1 aliphatic heterocycles. The molecular weight excluding hydrogens is 391 g/mol. The Morgan fingerprint density at radius 2 is 1.91 bits per heavy atom. The maximum atomic E-state index is 5.36. The molecular formula is C16H35IN4O. The third-order valence-corrected chi connectivity index (χ3v) is 3.60. The first-order chi connectivity index (χ1) is 10.2. The van der Waals surface area contributed by atoms with E-state index in [4.69, 9.17) is 4.74 Å². The zero-order valence-electron chi connectivity index (χ0n) is 14.6. The number of hydrogen-bond acceptors (Lipinski definition) is 3. The van der Waals surface area contributed by atoms with Crippen LogP contribution in [0.5, 0.6) is 0 Å². The van der Waals surface area contributed by atoms with Crippen molar-refractivity contribution in [3.05, 3.63) is 0 Å². The number of hydrogen-bond donors (Lipinski definition) is 2. The highest BCUT2D eigenvalue weighted by Gasteiger charge is 2.08. The summed E-state index contributed by atoms with van der Waals surface area (Å²) in [5, 5.41) is 6.73. The van der Waals surface area contributed by atoms with Crippen LogP contribution in [0.2, 0.25) is 0 Å². The summed E-state index contributed by atoms with van der Waals surface area (Å²) >= 11 is 0. The third-order valence-electron chi connectivity index (χ3n) is 3.60. The van der Waals surface area contributed by atoms with Crippen molar-refractivity contribution in [1.82, 2.24) is 15.5 Å². The first-order valence-electron chi connectivity index (χ1n) is 8.54. The topological polar surface area (TPSA) is 48.9 Å². The van der Waals surface area contributed by atoms with Gasteiger partial charge in [-0.3, -0.25) is 9.89 Å². The van der Waals surface area contributed by atoms with Gasteiger partial charge in [0, 0.05) is 39.3 Å². The normalized spacial score (nSPS) is 16.5. The summed E-state index contributed by atoms with van der Waals surface area (Å²) in [6.07, 6.45) is 3.59. The summed E-state index contributed by atoms with van der Waals surface area (Å²) in [5.74, 6) is 1.74. The van der Waals surface area contributed by atoms with Gasteiger partial charge < -0.3 is 15.4 Å². The van der Waals surface area contributed by atoms with Crippen molar-refractivity contribution in [2.45, 2.75) is 40.0 Å². The van der Waals surface area contributed by atoms with E-state index in [2.05, 4.69) is 41.3 Å². The zero-order chi connectivity index (χ0) is 15.3. The second-order valence-corrected chi connectivity index (χ2v) is 6.03. The van der Waals surface area contributed by atoms with Crippen LogP contribution >= 0.6 is 24.0 Å². The minimum absolute atomic E-state index is 0. The molecule has 0 unspecified atom stereocenters. The second-order valence-electron chi connectivity index (χ2n) is 6.03. The van der Waals surface area contributed by atoms with Crippen molar-refractivity contribution in [2.24, 2.45) is 10.9 Å². The molecule has 0 bridgehead atoms. The predicted octanol–water partition coefficient (Wildman–Crippen LogP) is 2.32. The lowest BCUT2D eigenvalue weighted by atomic mass is 10.1. The van der Waals surface area contributed by atoms with E-state index < -0.39 is 0 Å². The van der Waals surface area contributed by atoms with E-state index in [1.54, 1.807) is 0 Å². The van der Waals surface area contributed by atoms with Gasteiger partial charge in [0.1, 0.15) is 0 Å². The van der Waals surface area contributed by atoms with Gasteiger partial charge in [0.05, 0.1) is 13.2 Å². The standard InChI is InChI=1S/C16H34N4O.HI/c1-4-17-16(18-8-5-7-15(2)3)19-9-6-10-20-11-13-21-14-12-20;/h15H,4-14H2,1-3H3,(H2,17,18,19);1H. The van der Waals surface area contributed by atoms with E-state index in [0.29, 0.717) is 0 Å². The number of aliphatic imine (C=N–C) groups is 1. The first-order valence-corrected chi connectivity index (χ1v) is 8.54. The maximum Gasteiger partial charge on any atom is 0.191 e. The lowest BCUT2D eigenvalue weighted by Gasteiger charge is -2.26. The molecule has 0 spiro atoms. The van der Waals surface area contributed by atoms with Gasteiger partial charge in [-0.2, -0.15) is 0 Å². The summed E-state index contributed by atoms with van der Waals surface area (Å²) in [6, 6.07) is 0. The van der Waals surface area contributed by atoms with Gasteiger partial charge >= 0.3 is 0 Å². The largest absolute Gasteiger partial charge is 0.379 e. The molecule has 6 heteroatoms. The van der Waals surface area contributed by atoms with Crippen molar-refractivity contribution >= 4 is 29.9 Å². The van der Waals surface area contributed by atoms with Crippen molar-refractivity contribution < 1.29 is 4.74 Å². The fraction of sp³-hybridized carbons (Fsp3) is 0.938. The van der Waals surface area contributed by atoms with Crippen molar-refractivity contribution in [3.8, 4) is 0 Å². The van der Waals surface area contributed by atoms with Crippen LogP contribution in [0.1, 0.15) is 40.0 Å². The predicted molar refractivity (Wildman–Crippen MR) is 105 cm³/mol. The average molecular weight is 426 g/mol. The second kappa shape index (κ2) is 14.5. The van der Waals surface area contributed by atoms with Crippen LogP contribution in [0, 0.1) is 5.92 Å². The summed E-state index contributed by atoms with van der Waals surface area (Å²) in [7, 11) is 0. The molecule has 0 aromatic carbocycles. The molecule has 1 rings (SSSR count). The lowest BCUT2D eigenvalue weighted by Crippen LogP contribution is -2.38. The Kier molecular flexibility index (Phi) is 14.5. The van der Waals surface area contributed by atoms with E-state index in [1.165, 1.54) is 12.8 Å². The van der Waals surface area contributed by atoms with Crippen LogP contribution in [-0.2, 0) is 4.74 Å². The molecule has 1 fully saturated rings. The minimum Gasteiger partial charge on any atom is -0.379 e. The van der Waals surface area contributed by atoms with Gasteiger partial charge in [-0.1, -0.05) is 13.8 Å². The highest BCUT2D eigenvalue weighted by Crippen LogP contribution is 2.01. The van der Waals surface area contributed by atoms with Crippen molar-refractivity contribution in [3.63, 3.8) is 0 Å². The molecule has 1 heterocycles. The number of morpholine rings is 1. The van der Waals surface area contributed by atoms with Gasteiger partial charge in [-0.05, 0) is 32.1 Å². The molecule has 5 nitrogen and oxygen atoms in total. The maximum absolute atomic E-state index is 5.36. The highest BCUT2D eigenvalue weighted by molar-refractivity contribution is 14.0. The van der Waals surface area contributed by atoms with Gasteiger partial charge in [0.15, 0.2) is 5.96 Å². The number of rotatable bonds is 9. The Labute approximate surface area is 153 Å².